The van der Waals surface area contributed by atoms with Crippen molar-refractivity contribution in [2.45, 2.75) is 123 Å². The normalized spacial score (nSPS) is 29.1. The van der Waals surface area contributed by atoms with Crippen molar-refractivity contribution < 1.29 is 0 Å². The molecule has 0 N–H and O–H groups in total. The summed E-state index contributed by atoms with van der Waals surface area (Å²) in [6, 6.07) is 11.1. The lowest BCUT2D eigenvalue weighted by atomic mass is 9.54. The Balaban J connectivity index is 1.43. The highest BCUT2D eigenvalue weighted by molar-refractivity contribution is 5.75. The molecule has 1 aromatic rings. The minimum absolute atomic E-state index is 0.432. The molecule has 0 heteroatoms. The molecule has 2 fully saturated rings. The summed E-state index contributed by atoms with van der Waals surface area (Å²) in [6.45, 7) is 4.68. The fourth-order valence-electron chi connectivity index (χ4n) is 7.79. The Morgan fingerprint density at radius 1 is 0.676 bits per heavy atom. The average Bonchev–Trinajstić information content (AvgIpc) is 2.90. The van der Waals surface area contributed by atoms with Crippen LogP contribution in [0.2, 0.25) is 0 Å². The van der Waals surface area contributed by atoms with Gasteiger partial charge in [0.25, 0.3) is 0 Å². The van der Waals surface area contributed by atoms with Gasteiger partial charge in [-0.3, -0.25) is 0 Å². The van der Waals surface area contributed by atoms with Crippen LogP contribution in [0.25, 0.3) is 5.57 Å². The Morgan fingerprint density at radius 2 is 1.21 bits per heavy atom. The summed E-state index contributed by atoms with van der Waals surface area (Å²) >= 11 is 0. The van der Waals surface area contributed by atoms with Crippen molar-refractivity contribution >= 4 is 5.57 Å². The highest BCUT2D eigenvalue weighted by Gasteiger charge is 2.45. The van der Waals surface area contributed by atoms with Crippen LogP contribution in [0.4, 0.5) is 0 Å². The molecule has 188 valence electrons. The predicted octanol–water partition coefficient (Wildman–Crippen LogP) is 10.8. The van der Waals surface area contributed by atoms with E-state index in [1.807, 2.05) is 0 Å². The maximum atomic E-state index is 2.75. The number of allylic oxidation sites excluding steroid dienone is 4. The quantitative estimate of drug-likeness (QED) is 0.288. The maximum Gasteiger partial charge on any atom is -0.00237 e. The molecular weight excluding hydrogens is 408 g/mol. The molecule has 0 heterocycles. The third-order valence-corrected chi connectivity index (χ3v) is 10.0. The summed E-state index contributed by atoms with van der Waals surface area (Å²) in [5.41, 5.74) is 3.28. The zero-order valence-corrected chi connectivity index (χ0v) is 22.4. The van der Waals surface area contributed by atoms with E-state index < -0.39 is 0 Å². The summed E-state index contributed by atoms with van der Waals surface area (Å²) in [6.07, 6.45) is 32.5. The molecule has 3 aliphatic carbocycles. The lowest BCUT2D eigenvalue weighted by Crippen LogP contribution is -2.41. The van der Waals surface area contributed by atoms with Crippen molar-refractivity contribution in [3.63, 3.8) is 0 Å². The van der Waals surface area contributed by atoms with Gasteiger partial charge in [-0.15, -0.1) is 0 Å². The molecule has 0 spiro atoms. The van der Waals surface area contributed by atoms with Crippen LogP contribution in [0.1, 0.15) is 129 Å². The Bertz CT molecular complexity index is 722. The second kappa shape index (κ2) is 13.1. The lowest BCUT2D eigenvalue weighted by Gasteiger charge is -2.50. The number of hydrogen-bond acceptors (Lipinski definition) is 0. The van der Waals surface area contributed by atoms with Crippen molar-refractivity contribution in [2.24, 2.45) is 29.1 Å². The molecule has 4 rings (SSSR count). The van der Waals surface area contributed by atoms with Crippen molar-refractivity contribution in [1.29, 1.82) is 0 Å². The molecular formula is C34H52. The standard InChI is InChI=1S/C34H52/c1-3-5-8-12-28-16-20-32(21-17-28)34(33-22-18-29(19-23-33)13-9-6-4-2)26-24-31(25-27-34)30-14-10-7-11-15-30/h7,10-11,14-15,24-26,28-29,32-33H,3-6,8-9,12-13,16-23,27H2,1-2H3/t28-,29-,32-,33-. The van der Waals surface area contributed by atoms with E-state index in [1.165, 1.54) is 120 Å². The molecule has 0 bridgehead atoms. The highest BCUT2D eigenvalue weighted by Crippen LogP contribution is 2.55. The van der Waals surface area contributed by atoms with Gasteiger partial charge in [-0.05, 0) is 72.3 Å². The first-order valence-corrected chi connectivity index (χ1v) is 15.2. The minimum atomic E-state index is 0.432. The topological polar surface area (TPSA) is 0 Å². The number of unbranched alkanes of at least 4 members (excludes halogenated alkanes) is 4. The summed E-state index contributed by atoms with van der Waals surface area (Å²) < 4.78 is 0. The van der Waals surface area contributed by atoms with Crippen molar-refractivity contribution in [2.75, 3.05) is 0 Å². The molecule has 0 aliphatic heterocycles. The van der Waals surface area contributed by atoms with E-state index in [-0.39, 0.29) is 0 Å². The van der Waals surface area contributed by atoms with E-state index >= 15 is 0 Å². The van der Waals surface area contributed by atoms with Gasteiger partial charge in [0.2, 0.25) is 0 Å². The summed E-state index contributed by atoms with van der Waals surface area (Å²) in [4.78, 5) is 0. The van der Waals surface area contributed by atoms with Gasteiger partial charge in [-0.25, -0.2) is 0 Å². The summed E-state index contributed by atoms with van der Waals surface area (Å²) in [5.74, 6) is 3.83. The van der Waals surface area contributed by atoms with E-state index in [1.54, 1.807) is 0 Å². The smallest absolute Gasteiger partial charge is 0.00237 e. The first-order valence-electron chi connectivity index (χ1n) is 15.2. The third-order valence-electron chi connectivity index (χ3n) is 10.0. The SMILES string of the molecule is CCCCC[C@H]1CC[C@H](C2([C@H]3CC[C@H](CCCCC)CC3)C=CC(c3ccccc3)=CC2)CC1. The largest absolute Gasteiger partial charge is 0.0768 e. The highest BCUT2D eigenvalue weighted by atomic mass is 14.5. The second-order valence-corrected chi connectivity index (χ2v) is 12.1. The zero-order valence-electron chi connectivity index (χ0n) is 22.4. The molecule has 3 aliphatic rings. The number of rotatable bonds is 11. The van der Waals surface area contributed by atoms with Gasteiger partial charge in [0.1, 0.15) is 0 Å². The Morgan fingerprint density at radius 3 is 1.65 bits per heavy atom. The minimum Gasteiger partial charge on any atom is -0.0768 e. The van der Waals surface area contributed by atoms with Crippen molar-refractivity contribution in [1.82, 2.24) is 0 Å². The number of hydrogen-bond donors (Lipinski definition) is 0. The van der Waals surface area contributed by atoms with Gasteiger partial charge < -0.3 is 0 Å². The van der Waals surface area contributed by atoms with E-state index in [0.717, 1.165) is 23.7 Å². The second-order valence-electron chi connectivity index (χ2n) is 12.1. The molecule has 0 aromatic heterocycles. The van der Waals surface area contributed by atoms with Crippen LogP contribution < -0.4 is 0 Å². The van der Waals surface area contributed by atoms with Gasteiger partial charge in [0.15, 0.2) is 0 Å². The molecule has 0 amide bonds. The molecule has 0 saturated heterocycles. The van der Waals surface area contributed by atoms with E-state index in [2.05, 4.69) is 62.4 Å². The molecule has 2 saturated carbocycles. The van der Waals surface area contributed by atoms with Gasteiger partial charge in [0.05, 0.1) is 0 Å². The van der Waals surface area contributed by atoms with Crippen LogP contribution in [-0.4, -0.2) is 0 Å². The van der Waals surface area contributed by atoms with Gasteiger partial charge in [-0.1, -0.05) is 139 Å². The van der Waals surface area contributed by atoms with Crippen LogP contribution in [-0.2, 0) is 0 Å². The van der Waals surface area contributed by atoms with Crippen LogP contribution >= 0.6 is 0 Å². The van der Waals surface area contributed by atoms with Crippen LogP contribution in [0.3, 0.4) is 0 Å². The van der Waals surface area contributed by atoms with E-state index in [9.17, 15) is 0 Å². The Labute approximate surface area is 211 Å². The first-order chi connectivity index (χ1) is 16.7. The van der Waals surface area contributed by atoms with Crippen molar-refractivity contribution in [3.05, 3.63) is 54.1 Å². The maximum absolute atomic E-state index is 2.75. The number of benzene rings is 1. The van der Waals surface area contributed by atoms with E-state index in [0.29, 0.717) is 5.41 Å². The van der Waals surface area contributed by atoms with Gasteiger partial charge in [-0.2, -0.15) is 0 Å². The fourth-order valence-corrected chi connectivity index (χ4v) is 7.79. The Hall–Kier alpha value is -1.30. The van der Waals surface area contributed by atoms with Crippen LogP contribution in [0, 0.1) is 29.1 Å². The molecule has 0 unspecified atom stereocenters. The van der Waals surface area contributed by atoms with Crippen molar-refractivity contribution in [3.8, 4) is 0 Å². The fraction of sp³-hybridized carbons (Fsp3) is 0.706. The van der Waals surface area contributed by atoms with Gasteiger partial charge in [0, 0.05) is 0 Å². The first kappa shape index (κ1) is 25.8. The lowest BCUT2D eigenvalue weighted by molar-refractivity contribution is 0.0473. The van der Waals surface area contributed by atoms with Gasteiger partial charge >= 0.3 is 0 Å². The summed E-state index contributed by atoms with van der Waals surface area (Å²) in [7, 11) is 0. The van der Waals surface area contributed by atoms with Crippen LogP contribution in [0.5, 0.6) is 0 Å². The zero-order chi connectivity index (χ0) is 23.6. The molecule has 1 aromatic carbocycles. The predicted molar refractivity (Wildman–Crippen MR) is 150 cm³/mol. The molecule has 0 nitrogen and oxygen atoms in total. The summed E-state index contributed by atoms with van der Waals surface area (Å²) in [5, 5.41) is 0. The van der Waals surface area contributed by atoms with E-state index in [4.69, 9.17) is 0 Å². The Kier molecular flexibility index (Phi) is 9.96. The third kappa shape index (κ3) is 6.47. The average molecular weight is 461 g/mol. The molecule has 0 radical (unpaired) electrons. The molecule has 34 heavy (non-hydrogen) atoms. The van der Waals surface area contributed by atoms with Crippen LogP contribution in [0.15, 0.2) is 48.6 Å². The monoisotopic (exact) mass is 460 g/mol. The molecule has 0 atom stereocenters.